The number of nitrogens with zero attached hydrogens (tertiary/aromatic N) is 1. The highest BCUT2D eigenvalue weighted by Gasteiger charge is 2.61. The van der Waals surface area contributed by atoms with E-state index in [0.29, 0.717) is 12.3 Å². The Balaban J connectivity index is 2.02. The van der Waals surface area contributed by atoms with E-state index in [-0.39, 0.29) is 5.75 Å². The van der Waals surface area contributed by atoms with Crippen LogP contribution in [0.15, 0.2) is 24.3 Å². The summed E-state index contributed by atoms with van der Waals surface area (Å²) < 4.78 is 46.1. The van der Waals surface area contributed by atoms with Crippen molar-refractivity contribution in [1.29, 1.82) is 0 Å². The second-order valence-corrected chi connectivity index (χ2v) is 7.77. The number of hydrogen-bond donors (Lipinski definition) is 2. The van der Waals surface area contributed by atoms with E-state index < -0.39 is 29.3 Å². The Hall–Kier alpha value is -1.80. The molecule has 2 rings (SSSR count). The minimum atomic E-state index is -5.17. The van der Waals surface area contributed by atoms with Crippen molar-refractivity contribution < 1.29 is 27.8 Å². The summed E-state index contributed by atoms with van der Waals surface area (Å²) in [5, 5.41) is 12.8. The molecular formula is C21H31F3N2O3. The SMILES string of the molecule is CCN1CCC(CC[C@@H](C)NC(=O)C(O)(c2cccc(OC)c2)C(F)(F)F)CC1. The molecule has 1 fully saturated rings. The highest BCUT2D eigenvalue weighted by Crippen LogP contribution is 2.40. The number of amides is 1. The quantitative estimate of drug-likeness (QED) is 0.681. The molecule has 8 heteroatoms. The van der Waals surface area contributed by atoms with E-state index in [2.05, 4.69) is 17.1 Å². The zero-order valence-electron chi connectivity index (χ0n) is 17.3. The molecule has 29 heavy (non-hydrogen) atoms. The Morgan fingerprint density at radius 2 is 2.00 bits per heavy atom. The Bertz CT molecular complexity index is 675. The summed E-state index contributed by atoms with van der Waals surface area (Å²) in [6.45, 7) is 6.89. The van der Waals surface area contributed by atoms with Gasteiger partial charge in [-0.3, -0.25) is 4.79 Å². The van der Waals surface area contributed by atoms with Crippen LogP contribution in [-0.4, -0.2) is 54.9 Å². The van der Waals surface area contributed by atoms with Crippen molar-refractivity contribution in [2.75, 3.05) is 26.7 Å². The van der Waals surface area contributed by atoms with Crippen molar-refractivity contribution in [2.24, 2.45) is 5.92 Å². The fourth-order valence-electron chi connectivity index (χ4n) is 3.75. The Labute approximate surface area is 170 Å². The number of hydrogen-bond acceptors (Lipinski definition) is 4. The zero-order chi connectivity index (χ0) is 21.7. The second kappa shape index (κ2) is 9.80. The largest absolute Gasteiger partial charge is 0.497 e. The third kappa shape index (κ3) is 5.63. The topological polar surface area (TPSA) is 61.8 Å². The lowest BCUT2D eigenvalue weighted by Gasteiger charge is -2.33. The van der Waals surface area contributed by atoms with Crippen LogP contribution in [0.4, 0.5) is 13.2 Å². The Morgan fingerprint density at radius 1 is 1.34 bits per heavy atom. The maximum Gasteiger partial charge on any atom is 0.430 e. The van der Waals surface area contributed by atoms with Gasteiger partial charge in [0.15, 0.2) is 0 Å². The summed E-state index contributed by atoms with van der Waals surface area (Å²) in [5.74, 6) is -0.826. The predicted octanol–water partition coefficient (Wildman–Crippen LogP) is 3.46. The third-order valence-electron chi connectivity index (χ3n) is 5.77. The molecule has 0 aliphatic carbocycles. The number of nitrogens with one attached hydrogen (secondary N) is 1. The van der Waals surface area contributed by atoms with Gasteiger partial charge in [0.05, 0.1) is 7.11 Å². The van der Waals surface area contributed by atoms with Gasteiger partial charge >= 0.3 is 6.18 Å². The summed E-state index contributed by atoms with van der Waals surface area (Å²) in [6, 6.07) is 4.38. The lowest BCUT2D eigenvalue weighted by Crippen LogP contribution is -2.56. The van der Waals surface area contributed by atoms with E-state index in [9.17, 15) is 23.1 Å². The fourth-order valence-corrected chi connectivity index (χ4v) is 3.75. The molecule has 1 unspecified atom stereocenters. The van der Waals surface area contributed by atoms with Crippen LogP contribution in [0, 0.1) is 5.92 Å². The van der Waals surface area contributed by atoms with Gasteiger partial charge in [0.25, 0.3) is 11.5 Å². The third-order valence-corrected chi connectivity index (χ3v) is 5.77. The lowest BCUT2D eigenvalue weighted by atomic mass is 9.89. The molecule has 2 N–H and O–H groups in total. The van der Waals surface area contributed by atoms with E-state index >= 15 is 0 Å². The van der Waals surface area contributed by atoms with Gasteiger partial charge in [-0.15, -0.1) is 0 Å². The zero-order valence-corrected chi connectivity index (χ0v) is 17.3. The summed E-state index contributed by atoms with van der Waals surface area (Å²) in [5.41, 5.74) is -4.21. The van der Waals surface area contributed by atoms with Crippen LogP contribution in [0.2, 0.25) is 0 Å². The molecule has 1 amide bonds. The maximum atomic E-state index is 13.7. The Morgan fingerprint density at radius 3 is 2.55 bits per heavy atom. The monoisotopic (exact) mass is 416 g/mol. The first-order chi connectivity index (χ1) is 13.6. The molecule has 0 saturated carbocycles. The average Bonchev–Trinajstić information content (AvgIpc) is 2.71. The summed E-state index contributed by atoms with van der Waals surface area (Å²) >= 11 is 0. The van der Waals surface area contributed by atoms with Crippen LogP contribution in [-0.2, 0) is 10.4 Å². The summed E-state index contributed by atoms with van der Waals surface area (Å²) in [6.07, 6.45) is -1.65. The molecule has 2 atom stereocenters. The summed E-state index contributed by atoms with van der Waals surface area (Å²) in [4.78, 5) is 14.9. The molecule has 1 heterocycles. The van der Waals surface area contributed by atoms with Gasteiger partial charge < -0.3 is 20.1 Å². The minimum Gasteiger partial charge on any atom is -0.497 e. The number of aliphatic hydroxyl groups is 1. The molecule has 5 nitrogen and oxygen atoms in total. The minimum absolute atomic E-state index is 0.129. The number of halogens is 3. The van der Waals surface area contributed by atoms with Crippen LogP contribution in [0.3, 0.4) is 0 Å². The molecule has 0 bridgehead atoms. The van der Waals surface area contributed by atoms with Crippen molar-refractivity contribution in [3.8, 4) is 5.75 Å². The number of benzene rings is 1. The molecule has 1 aromatic rings. The van der Waals surface area contributed by atoms with Crippen molar-refractivity contribution in [2.45, 2.75) is 57.3 Å². The molecular weight excluding hydrogens is 385 g/mol. The van der Waals surface area contributed by atoms with Gasteiger partial charge in [0.1, 0.15) is 5.75 Å². The van der Waals surface area contributed by atoms with Gasteiger partial charge in [0, 0.05) is 11.6 Å². The second-order valence-electron chi connectivity index (χ2n) is 7.77. The first-order valence-electron chi connectivity index (χ1n) is 10.1. The van der Waals surface area contributed by atoms with Crippen molar-refractivity contribution in [3.63, 3.8) is 0 Å². The van der Waals surface area contributed by atoms with Crippen LogP contribution in [0.1, 0.15) is 45.1 Å². The van der Waals surface area contributed by atoms with Crippen LogP contribution < -0.4 is 10.1 Å². The van der Waals surface area contributed by atoms with Gasteiger partial charge in [-0.2, -0.15) is 13.2 Å². The number of ether oxygens (including phenoxy) is 1. The van der Waals surface area contributed by atoms with Crippen molar-refractivity contribution in [3.05, 3.63) is 29.8 Å². The van der Waals surface area contributed by atoms with Gasteiger partial charge in [-0.25, -0.2) is 0 Å². The van der Waals surface area contributed by atoms with Crippen molar-refractivity contribution in [1.82, 2.24) is 10.2 Å². The highest BCUT2D eigenvalue weighted by atomic mass is 19.4. The van der Waals surface area contributed by atoms with Crippen molar-refractivity contribution >= 4 is 5.91 Å². The maximum absolute atomic E-state index is 13.7. The summed E-state index contributed by atoms with van der Waals surface area (Å²) in [7, 11) is 1.30. The molecule has 1 aliphatic rings. The molecule has 1 saturated heterocycles. The van der Waals surface area contributed by atoms with E-state index in [0.717, 1.165) is 51.0 Å². The number of rotatable bonds is 8. The number of methoxy groups -OCH3 is 1. The molecule has 0 aromatic heterocycles. The predicted molar refractivity (Wildman–Crippen MR) is 105 cm³/mol. The number of piperidine rings is 1. The van der Waals surface area contributed by atoms with Gasteiger partial charge in [0.2, 0.25) is 0 Å². The number of carbonyl (C=O) groups excluding carboxylic acids is 1. The fraction of sp³-hybridized carbons (Fsp3) is 0.667. The molecule has 164 valence electrons. The normalized spacial score (nSPS) is 19.4. The van der Waals surface area contributed by atoms with E-state index in [1.165, 1.54) is 19.2 Å². The van der Waals surface area contributed by atoms with Crippen LogP contribution >= 0.6 is 0 Å². The van der Waals surface area contributed by atoms with E-state index in [1.807, 2.05) is 0 Å². The molecule has 1 aliphatic heterocycles. The number of likely N-dealkylation sites (tertiary alicyclic amines) is 1. The van der Waals surface area contributed by atoms with Gasteiger partial charge in [-0.1, -0.05) is 19.1 Å². The smallest absolute Gasteiger partial charge is 0.430 e. The molecule has 0 spiro atoms. The van der Waals surface area contributed by atoms with Crippen LogP contribution in [0.5, 0.6) is 5.75 Å². The first-order valence-corrected chi connectivity index (χ1v) is 10.1. The van der Waals surface area contributed by atoms with E-state index in [4.69, 9.17) is 4.74 Å². The number of carbonyl (C=O) groups is 1. The molecule has 0 radical (unpaired) electrons. The lowest BCUT2D eigenvalue weighted by molar-refractivity contribution is -0.257. The molecule has 1 aromatic carbocycles. The van der Waals surface area contributed by atoms with Gasteiger partial charge in [-0.05, 0) is 70.3 Å². The standard InChI is InChI=1S/C21H31F3N2O3/c1-4-26-12-10-16(11-13-26)9-8-15(2)25-19(27)20(28,21(22,23)24)17-6-5-7-18(14-17)29-3/h5-7,14-16,28H,4,8-13H2,1-3H3,(H,25,27)/t15-,20?/m1/s1. The first kappa shape index (κ1) is 23.5. The number of alkyl halides is 3. The van der Waals surface area contributed by atoms with Crippen LogP contribution in [0.25, 0.3) is 0 Å². The Kier molecular flexibility index (Phi) is 7.94. The van der Waals surface area contributed by atoms with E-state index in [1.54, 1.807) is 6.92 Å². The highest BCUT2D eigenvalue weighted by molar-refractivity contribution is 5.87. The average molecular weight is 416 g/mol.